The second kappa shape index (κ2) is 8.35. The van der Waals surface area contributed by atoms with Gasteiger partial charge in [-0.1, -0.05) is 17.3 Å². The molecule has 0 unspecified atom stereocenters. The fraction of sp³-hybridized carbons (Fsp3) is 0.429. The first-order valence-corrected chi connectivity index (χ1v) is 6.91. The molecule has 1 aromatic heterocycles. The van der Waals surface area contributed by atoms with Crippen molar-refractivity contribution in [3.63, 3.8) is 0 Å². The van der Waals surface area contributed by atoms with Crippen molar-refractivity contribution in [3.8, 4) is 11.3 Å². The molecule has 2 aromatic rings. The van der Waals surface area contributed by atoms with Crippen molar-refractivity contribution in [2.24, 2.45) is 5.73 Å². The van der Waals surface area contributed by atoms with Gasteiger partial charge in [-0.2, -0.15) is 0 Å². The summed E-state index contributed by atoms with van der Waals surface area (Å²) in [5.74, 6) is 0. The molecule has 0 saturated carbocycles. The summed E-state index contributed by atoms with van der Waals surface area (Å²) in [5.41, 5.74) is 13.5. The van der Waals surface area contributed by atoms with E-state index < -0.39 is 0 Å². The second-order valence-corrected chi connectivity index (χ2v) is 4.50. The molecular weight excluding hydrogens is 270 g/mol. The molecule has 0 aliphatic heterocycles. The molecule has 0 atom stereocenters. The van der Waals surface area contributed by atoms with Crippen LogP contribution in [0.5, 0.6) is 0 Å². The monoisotopic (exact) mass is 291 g/mol. The Morgan fingerprint density at radius 2 is 1.71 bits per heavy atom. The molecule has 0 aliphatic carbocycles. The number of nitrogens with two attached hydrogens (primary N) is 2. The van der Waals surface area contributed by atoms with Gasteiger partial charge < -0.3 is 20.9 Å². The van der Waals surface area contributed by atoms with E-state index in [-0.39, 0.29) is 0 Å². The minimum absolute atomic E-state index is 0.535. The van der Waals surface area contributed by atoms with Gasteiger partial charge in [0.1, 0.15) is 5.69 Å². The molecule has 0 spiro atoms. The van der Waals surface area contributed by atoms with Crippen molar-refractivity contribution < 1.29 is 9.47 Å². The average Bonchev–Trinajstić information content (AvgIpc) is 2.96. The van der Waals surface area contributed by atoms with Crippen molar-refractivity contribution in [3.05, 3.63) is 30.5 Å². The molecule has 0 aliphatic rings. The summed E-state index contributed by atoms with van der Waals surface area (Å²) < 4.78 is 12.4. The van der Waals surface area contributed by atoms with E-state index in [0.29, 0.717) is 39.5 Å². The molecule has 7 nitrogen and oxygen atoms in total. The van der Waals surface area contributed by atoms with E-state index in [1.165, 1.54) is 0 Å². The molecule has 0 amide bonds. The number of rotatable bonds is 9. The van der Waals surface area contributed by atoms with Crippen LogP contribution in [-0.2, 0) is 16.0 Å². The summed E-state index contributed by atoms with van der Waals surface area (Å²) >= 11 is 0. The Morgan fingerprint density at radius 3 is 2.43 bits per heavy atom. The van der Waals surface area contributed by atoms with Crippen LogP contribution in [-0.4, -0.2) is 48.0 Å². The van der Waals surface area contributed by atoms with Gasteiger partial charge in [0.05, 0.1) is 39.2 Å². The fourth-order valence-corrected chi connectivity index (χ4v) is 1.76. The average molecular weight is 291 g/mol. The van der Waals surface area contributed by atoms with Gasteiger partial charge in [-0.15, -0.1) is 5.10 Å². The molecule has 4 N–H and O–H groups in total. The number of benzene rings is 1. The minimum atomic E-state index is 0.535. The molecule has 0 bridgehead atoms. The van der Waals surface area contributed by atoms with Crippen molar-refractivity contribution in [1.82, 2.24) is 15.0 Å². The Morgan fingerprint density at radius 1 is 1.00 bits per heavy atom. The Hall–Kier alpha value is -1.96. The van der Waals surface area contributed by atoms with Crippen LogP contribution in [0.25, 0.3) is 11.3 Å². The van der Waals surface area contributed by atoms with E-state index in [2.05, 4.69) is 10.3 Å². The van der Waals surface area contributed by atoms with Gasteiger partial charge in [-0.05, 0) is 12.1 Å². The SMILES string of the molecule is NCCOCCOCCn1cc(-c2ccc(N)cc2)nn1. The summed E-state index contributed by atoms with van der Waals surface area (Å²) in [6.07, 6.45) is 1.89. The molecule has 114 valence electrons. The number of ether oxygens (including phenoxy) is 2. The topological polar surface area (TPSA) is 101 Å². The number of nitrogens with zero attached hydrogens (tertiary/aromatic N) is 3. The maximum Gasteiger partial charge on any atom is 0.113 e. The van der Waals surface area contributed by atoms with Crippen LogP contribution in [0.15, 0.2) is 30.5 Å². The summed E-state index contributed by atoms with van der Waals surface area (Å²) in [4.78, 5) is 0. The van der Waals surface area contributed by atoms with E-state index in [1.807, 2.05) is 30.5 Å². The van der Waals surface area contributed by atoms with E-state index >= 15 is 0 Å². The Kier molecular flexibility index (Phi) is 6.14. The smallest absolute Gasteiger partial charge is 0.113 e. The highest BCUT2D eigenvalue weighted by Crippen LogP contribution is 2.17. The minimum Gasteiger partial charge on any atom is -0.399 e. The fourth-order valence-electron chi connectivity index (χ4n) is 1.76. The number of hydrogen-bond donors (Lipinski definition) is 2. The lowest BCUT2D eigenvalue weighted by atomic mass is 10.1. The molecule has 0 saturated heterocycles. The maximum absolute atomic E-state index is 5.66. The lowest BCUT2D eigenvalue weighted by Gasteiger charge is -2.04. The van der Waals surface area contributed by atoms with Crippen LogP contribution < -0.4 is 11.5 Å². The number of hydrogen-bond acceptors (Lipinski definition) is 6. The van der Waals surface area contributed by atoms with Gasteiger partial charge >= 0.3 is 0 Å². The Bertz CT molecular complexity index is 526. The van der Waals surface area contributed by atoms with Crippen molar-refractivity contribution in [2.75, 3.05) is 38.7 Å². The molecule has 7 heteroatoms. The third-order valence-electron chi connectivity index (χ3n) is 2.84. The van der Waals surface area contributed by atoms with E-state index in [4.69, 9.17) is 20.9 Å². The summed E-state index contributed by atoms with van der Waals surface area (Å²) in [6, 6.07) is 7.54. The molecule has 0 fully saturated rings. The predicted molar refractivity (Wildman–Crippen MR) is 80.6 cm³/mol. The highest BCUT2D eigenvalue weighted by Gasteiger charge is 2.03. The predicted octanol–water partition coefficient (Wildman–Crippen LogP) is 0.519. The van der Waals surface area contributed by atoms with Crippen LogP contribution in [0.3, 0.4) is 0 Å². The van der Waals surface area contributed by atoms with Gasteiger partial charge in [0.25, 0.3) is 0 Å². The third-order valence-corrected chi connectivity index (χ3v) is 2.84. The van der Waals surface area contributed by atoms with E-state index in [1.54, 1.807) is 4.68 Å². The zero-order valence-corrected chi connectivity index (χ0v) is 11.9. The van der Waals surface area contributed by atoms with Gasteiger partial charge in [-0.25, -0.2) is 4.68 Å². The van der Waals surface area contributed by atoms with Crippen LogP contribution in [0.1, 0.15) is 0 Å². The van der Waals surface area contributed by atoms with Crippen molar-refractivity contribution in [1.29, 1.82) is 0 Å². The second-order valence-electron chi connectivity index (χ2n) is 4.50. The Balaban J connectivity index is 1.72. The quantitative estimate of drug-likeness (QED) is 0.516. The van der Waals surface area contributed by atoms with Crippen LogP contribution in [0, 0.1) is 0 Å². The normalized spacial score (nSPS) is 10.9. The van der Waals surface area contributed by atoms with Crippen LogP contribution in [0.4, 0.5) is 5.69 Å². The zero-order valence-electron chi connectivity index (χ0n) is 11.9. The van der Waals surface area contributed by atoms with Crippen molar-refractivity contribution in [2.45, 2.75) is 6.54 Å². The molecular formula is C14H21N5O2. The first kappa shape index (κ1) is 15.4. The van der Waals surface area contributed by atoms with Crippen LogP contribution in [0.2, 0.25) is 0 Å². The lowest BCUT2D eigenvalue weighted by Crippen LogP contribution is -2.13. The lowest BCUT2D eigenvalue weighted by molar-refractivity contribution is 0.0466. The van der Waals surface area contributed by atoms with Crippen LogP contribution >= 0.6 is 0 Å². The van der Waals surface area contributed by atoms with Gasteiger partial charge in [0.2, 0.25) is 0 Å². The molecule has 1 heterocycles. The van der Waals surface area contributed by atoms with E-state index in [9.17, 15) is 0 Å². The number of nitrogen functional groups attached to an aromatic ring is 1. The largest absolute Gasteiger partial charge is 0.399 e. The Labute approximate surface area is 123 Å². The first-order chi connectivity index (χ1) is 10.3. The van der Waals surface area contributed by atoms with Gasteiger partial charge in [0, 0.05) is 17.8 Å². The summed E-state index contributed by atoms with van der Waals surface area (Å²) in [6.45, 7) is 3.43. The standard InChI is InChI=1S/C14H21N5O2/c15-5-7-20-9-10-21-8-6-19-11-14(17-18-19)12-1-3-13(16)4-2-12/h1-4,11H,5-10,15-16H2. The molecule has 2 rings (SSSR count). The van der Waals surface area contributed by atoms with Crippen molar-refractivity contribution >= 4 is 5.69 Å². The summed E-state index contributed by atoms with van der Waals surface area (Å²) in [5, 5.41) is 8.20. The summed E-state index contributed by atoms with van der Waals surface area (Å²) in [7, 11) is 0. The highest BCUT2D eigenvalue weighted by molar-refractivity contribution is 5.60. The molecule has 1 aromatic carbocycles. The zero-order chi connectivity index (χ0) is 14.9. The van der Waals surface area contributed by atoms with E-state index in [0.717, 1.165) is 16.9 Å². The number of aromatic nitrogens is 3. The maximum atomic E-state index is 5.66. The molecule has 0 radical (unpaired) electrons. The number of anilines is 1. The first-order valence-electron chi connectivity index (χ1n) is 6.91. The third kappa shape index (κ3) is 5.14. The van der Waals surface area contributed by atoms with Gasteiger partial charge in [-0.3, -0.25) is 0 Å². The highest BCUT2D eigenvalue weighted by atomic mass is 16.5. The van der Waals surface area contributed by atoms with Gasteiger partial charge in [0.15, 0.2) is 0 Å². The molecule has 21 heavy (non-hydrogen) atoms.